The quantitative estimate of drug-likeness (QED) is 0.889. The summed E-state index contributed by atoms with van der Waals surface area (Å²) in [6.45, 7) is 8.42. The lowest BCUT2D eigenvalue weighted by Crippen LogP contribution is -2.01. The van der Waals surface area contributed by atoms with Gasteiger partial charge < -0.3 is 10.1 Å². The molecule has 0 spiro atoms. The van der Waals surface area contributed by atoms with E-state index in [-0.39, 0.29) is 0 Å². The Labute approximate surface area is 126 Å². The number of aromatic nitrogens is 2. The predicted octanol–water partition coefficient (Wildman–Crippen LogP) is 4.30. The van der Waals surface area contributed by atoms with Crippen LogP contribution in [0.4, 0.5) is 5.82 Å². The van der Waals surface area contributed by atoms with E-state index in [9.17, 15) is 0 Å². The van der Waals surface area contributed by atoms with Crippen LogP contribution in [0.1, 0.15) is 43.6 Å². The molecule has 1 N–H and O–H groups in total. The molecule has 1 heterocycles. The fourth-order valence-electron chi connectivity index (χ4n) is 2.01. The molecule has 0 aliphatic carbocycles. The van der Waals surface area contributed by atoms with E-state index in [2.05, 4.69) is 47.3 Å². The number of anilines is 1. The van der Waals surface area contributed by atoms with E-state index in [0.29, 0.717) is 11.8 Å². The number of benzene rings is 1. The zero-order valence-electron chi connectivity index (χ0n) is 13.4. The highest BCUT2D eigenvalue weighted by Crippen LogP contribution is 2.28. The van der Waals surface area contributed by atoms with Crippen LogP contribution >= 0.6 is 0 Å². The lowest BCUT2D eigenvalue weighted by atomic mass is 10.0. The van der Waals surface area contributed by atoms with E-state index < -0.39 is 0 Å². The Morgan fingerprint density at radius 2 is 1.95 bits per heavy atom. The van der Waals surface area contributed by atoms with Crippen molar-refractivity contribution < 1.29 is 4.74 Å². The van der Waals surface area contributed by atoms with Gasteiger partial charge in [-0.05, 0) is 30.0 Å². The maximum Gasteiger partial charge on any atom is 0.224 e. The molecule has 0 amide bonds. The monoisotopic (exact) mass is 285 g/mol. The maximum atomic E-state index is 5.99. The highest BCUT2D eigenvalue weighted by atomic mass is 16.5. The van der Waals surface area contributed by atoms with Crippen molar-refractivity contribution in [2.75, 3.05) is 12.4 Å². The lowest BCUT2D eigenvalue weighted by molar-refractivity contribution is 0.455. The summed E-state index contributed by atoms with van der Waals surface area (Å²) >= 11 is 0. The molecule has 0 radical (unpaired) electrons. The largest absolute Gasteiger partial charge is 0.439 e. The molecule has 1 aromatic heterocycles. The van der Waals surface area contributed by atoms with Gasteiger partial charge in [-0.15, -0.1) is 0 Å². The second-order valence-corrected chi connectivity index (χ2v) is 5.39. The molecule has 0 bridgehead atoms. The van der Waals surface area contributed by atoms with Gasteiger partial charge in [-0.1, -0.05) is 32.9 Å². The predicted molar refractivity (Wildman–Crippen MR) is 86.3 cm³/mol. The van der Waals surface area contributed by atoms with E-state index in [1.165, 1.54) is 5.56 Å². The molecular formula is C17H23N3O. The third-order valence-electron chi connectivity index (χ3n) is 3.41. The third kappa shape index (κ3) is 3.72. The van der Waals surface area contributed by atoms with E-state index in [1.54, 1.807) is 0 Å². The van der Waals surface area contributed by atoms with Crippen molar-refractivity contribution in [2.45, 2.75) is 40.0 Å². The van der Waals surface area contributed by atoms with Gasteiger partial charge in [0.15, 0.2) is 0 Å². The second kappa shape index (κ2) is 6.57. The van der Waals surface area contributed by atoms with Crippen LogP contribution in [0.3, 0.4) is 0 Å². The second-order valence-electron chi connectivity index (χ2n) is 5.39. The molecule has 112 valence electrons. The standard InChI is InChI=1S/C17H23N3O/c1-6-15-19-16(18-5)10-17(20-15)21-14-9-13(11(2)3)8-7-12(14)4/h7-11H,6H2,1-5H3,(H,18,19,20). The normalized spacial score (nSPS) is 10.8. The summed E-state index contributed by atoms with van der Waals surface area (Å²) in [5.74, 6) is 3.45. The number of hydrogen-bond donors (Lipinski definition) is 1. The summed E-state index contributed by atoms with van der Waals surface area (Å²) < 4.78 is 5.99. The van der Waals surface area contributed by atoms with Crippen molar-refractivity contribution in [3.05, 3.63) is 41.2 Å². The summed E-state index contributed by atoms with van der Waals surface area (Å²) in [7, 11) is 1.84. The number of aryl methyl sites for hydroxylation is 2. The van der Waals surface area contributed by atoms with Gasteiger partial charge in [-0.3, -0.25) is 0 Å². The first-order valence-electron chi connectivity index (χ1n) is 7.37. The van der Waals surface area contributed by atoms with E-state index in [1.807, 2.05) is 27.0 Å². The van der Waals surface area contributed by atoms with Crippen molar-refractivity contribution in [3.8, 4) is 11.6 Å². The molecule has 21 heavy (non-hydrogen) atoms. The topological polar surface area (TPSA) is 47.0 Å². The molecule has 4 heteroatoms. The molecule has 0 aliphatic heterocycles. The number of rotatable bonds is 5. The van der Waals surface area contributed by atoms with Gasteiger partial charge in [-0.25, -0.2) is 4.98 Å². The van der Waals surface area contributed by atoms with E-state index >= 15 is 0 Å². The van der Waals surface area contributed by atoms with Gasteiger partial charge >= 0.3 is 0 Å². The smallest absolute Gasteiger partial charge is 0.224 e. The van der Waals surface area contributed by atoms with Crippen LogP contribution in [0.25, 0.3) is 0 Å². The maximum absolute atomic E-state index is 5.99. The Bertz CT molecular complexity index is 601. The molecule has 0 atom stereocenters. The molecule has 0 unspecified atom stereocenters. The summed E-state index contributed by atoms with van der Waals surface area (Å²) in [5.41, 5.74) is 2.36. The molecule has 0 saturated heterocycles. The Morgan fingerprint density at radius 1 is 1.19 bits per heavy atom. The van der Waals surface area contributed by atoms with E-state index in [0.717, 1.165) is 29.4 Å². The number of hydrogen-bond acceptors (Lipinski definition) is 4. The molecule has 2 rings (SSSR count). The van der Waals surface area contributed by atoms with Crippen molar-refractivity contribution in [2.24, 2.45) is 0 Å². The fourth-order valence-corrected chi connectivity index (χ4v) is 2.01. The summed E-state index contributed by atoms with van der Waals surface area (Å²) in [5, 5.41) is 3.04. The highest BCUT2D eigenvalue weighted by molar-refractivity contribution is 5.43. The first-order chi connectivity index (χ1) is 10.0. The third-order valence-corrected chi connectivity index (χ3v) is 3.41. The van der Waals surface area contributed by atoms with Crippen LogP contribution in [0.2, 0.25) is 0 Å². The van der Waals surface area contributed by atoms with Crippen molar-refractivity contribution in [1.82, 2.24) is 9.97 Å². The minimum atomic E-state index is 0.470. The number of ether oxygens (including phenoxy) is 1. The average molecular weight is 285 g/mol. The Balaban J connectivity index is 2.35. The first kappa shape index (κ1) is 15.3. The lowest BCUT2D eigenvalue weighted by Gasteiger charge is -2.13. The first-order valence-corrected chi connectivity index (χ1v) is 7.37. The van der Waals surface area contributed by atoms with E-state index in [4.69, 9.17) is 4.74 Å². The Kier molecular flexibility index (Phi) is 4.78. The van der Waals surface area contributed by atoms with Gasteiger partial charge in [-0.2, -0.15) is 4.98 Å². The fraction of sp³-hybridized carbons (Fsp3) is 0.412. The minimum Gasteiger partial charge on any atom is -0.439 e. The molecule has 0 aliphatic rings. The number of nitrogens with one attached hydrogen (secondary N) is 1. The van der Waals surface area contributed by atoms with Crippen LogP contribution in [0.15, 0.2) is 24.3 Å². The molecule has 1 aromatic carbocycles. The van der Waals surface area contributed by atoms with Crippen molar-refractivity contribution in [1.29, 1.82) is 0 Å². The highest BCUT2D eigenvalue weighted by Gasteiger charge is 2.09. The summed E-state index contributed by atoms with van der Waals surface area (Å²) in [4.78, 5) is 8.82. The molecule has 0 fully saturated rings. The summed E-state index contributed by atoms with van der Waals surface area (Å²) in [6, 6.07) is 8.14. The van der Waals surface area contributed by atoms with Gasteiger partial charge in [0.2, 0.25) is 5.88 Å². The zero-order valence-corrected chi connectivity index (χ0v) is 13.4. The molecular weight excluding hydrogens is 262 g/mol. The van der Waals surface area contributed by atoms with Crippen LogP contribution < -0.4 is 10.1 Å². The van der Waals surface area contributed by atoms with Crippen molar-refractivity contribution in [3.63, 3.8) is 0 Å². The average Bonchev–Trinajstić information content (AvgIpc) is 2.48. The van der Waals surface area contributed by atoms with Crippen LogP contribution in [-0.4, -0.2) is 17.0 Å². The minimum absolute atomic E-state index is 0.470. The Morgan fingerprint density at radius 3 is 2.57 bits per heavy atom. The molecule has 2 aromatic rings. The van der Waals surface area contributed by atoms with Crippen molar-refractivity contribution >= 4 is 5.82 Å². The van der Waals surface area contributed by atoms with Gasteiger partial charge in [0.05, 0.1) is 0 Å². The molecule has 0 saturated carbocycles. The van der Waals surface area contributed by atoms with Crippen LogP contribution in [-0.2, 0) is 6.42 Å². The van der Waals surface area contributed by atoms with Gasteiger partial charge in [0.1, 0.15) is 17.4 Å². The Hall–Kier alpha value is -2.10. The van der Waals surface area contributed by atoms with Crippen LogP contribution in [0.5, 0.6) is 11.6 Å². The van der Waals surface area contributed by atoms with Gasteiger partial charge in [0.25, 0.3) is 0 Å². The zero-order chi connectivity index (χ0) is 15.4. The number of nitrogens with zero attached hydrogens (tertiary/aromatic N) is 2. The molecule has 4 nitrogen and oxygen atoms in total. The summed E-state index contributed by atoms with van der Waals surface area (Å²) in [6.07, 6.45) is 0.775. The van der Waals surface area contributed by atoms with Gasteiger partial charge in [0, 0.05) is 19.5 Å². The SMILES string of the molecule is CCc1nc(NC)cc(Oc2cc(C(C)C)ccc2C)n1. The van der Waals surface area contributed by atoms with Crippen LogP contribution in [0, 0.1) is 6.92 Å².